The third-order valence-electron chi connectivity index (χ3n) is 5.82. The Morgan fingerprint density at radius 3 is 2.47 bits per heavy atom. The van der Waals surface area contributed by atoms with Crippen LogP contribution in [0.5, 0.6) is 0 Å². The second-order valence-electron chi connectivity index (χ2n) is 8.76. The number of Topliss-reactive ketones (excluding diaryl/α,β-unsaturated/α-hetero) is 1. The van der Waals surface area contributed by atoms with E-state index in [0.717, 1.165) is 21.8 Å². The van der Waals surface area contributed by atoms with Crippen LogP contribution >= 0.6 is 0 Å². The Bertz CT molecular complexity index is 1420. The van der Waals surface area contributed by atoms with E-state index in [1.54, 1.807) is 18.2 Å². The summed E-state index contributed by atoms with van der Waals surface area (Å²) >= 11 is 0. The number of benzene rings is 3. The molecule has 0 radical (unpaired) electrons. The molecule has 10 nitrogen and oxygen atoms in total. The van der Waals surface area contributed by atoms with Crippen molar-refractivity contribution in [3.8, 4) is 0 Å². The summed E-state index contributed by atoms with van der Waals surface area (Å²) in [5, 5.41) is 11.8. The molecule has 194 valence electrons. The number of carbonyl (C=O) groups excluding carboxylic acids is 4. The molecule has 10 heteroatoms. The maximum atomic E-state index is 13.1. The number of carbonyl (C=O) groups is 4. The molecule has 3 aromatic rings. The van der Waals surface area contributed by atoms with Gasteiger partial charge in [-0.15, -0.1) is 0 Å². The Morgan fingerprint density at radius 2 is 1.76 bits per heavy atom. The maximum absolute atomic E-state index is 13.1. The number of hydrogen-bond donors (Lipinski definition) is 3. The highest BCUT2D eigenvalue weighted by atomic mass is 16.7. The van der Waals surface area contributed by atoms with Gasteiger partial charge < -0.3 is 15.8 Å². The number of amides is 2. The lowest BCUT2D eigenvalue weighted by molar-refractivity contribution is -0.192. The van der Waals surface area contributed by atoms with Gasteiger partial charge in [0.25, 0.3) is 11.8 Å². The van der Waals surface area contributed by atoms with Gasteiger partial charge in [0.1, 0.15) is 19.0 Å². The molecule has 1 aliphatic heterocycles. The molecule has 1 heterocycles. The highest BCUT2D eigenvalue weighted by Gasteiger charge is 2.25. The third kappa shape index (κ3) is 6.29. The second-order valence-corrected chi connectivity index (χ2v) is 8.76. The zero-order valence-corrected chi connectivity index (χ0v) is 20.7. The normalized spacial score (nSPS) is 12.4. The lowest BCUT2D eigenvalue weighted by Gasteiger charge is -2.27. The van der Waals surface area contributed by atoms with Crippen LogP contribution in [0.3, 0.4) is 0 Å². The van der Waals surface area contributed by atoms with Crippen LogP contribution in [0.2, 0.25) is 0 Å². The first-order valence-electron chi connectivity index (χ1n) is 11.8. The molecular formula is C28H26N4O6. The smallest absolute Gasteiger partial charge is 0.338 e. The van der Waals surface area contributed by atoms with E-state index >= 15 is 0 Å². The van der Waals surface area contributed by atoms with Gasteiger partial charge in [-0.2, -0.15) is 0 Å². The van der Waals surface area contributed by atoms with Crippen molar-refractivity contribution in [2.24, 2.45) is 5.73 Å². The number of nitrogen functional groups attached to an aromatic ring is 1. The fourth-order valence-electron chi connectivity index (χ4n) is 3.90. The third-order valence-corrected chi connectivity index (χ3v) is 5.82. The summed E-state index contributed by atoms with van der Waals surface area (Å²) in [5.74, 6) is -1.99. The molecule has 0 fully saturated rings. The molecule has 0 spiro atoms. The Morgan fingerprint density at radius 1 is 1.00 bits per heavy atom. The summed E-state index contributed by atoms with van der Waals surface area (Å²) in [7, 11) is 0. The van der Waals surface area contributed by atoms with Crippen LogP contribution in [0.4, 0.5) is 5.69 Å². The molecule has 3 aromatic carbocycles. The zero-order chi connectivity index (χ0) is 27.2. The molecule has 0 aliphatic carbocycles. The summed E-state index contributed by atoms with van der Waals surface area (Å²) in [5.41, 5.74) is 8.91. The van der Waals surface area contributed by atoms with E-state index < -0.39 is 11.9 Å². The van der Waals surface area contributed by atoms with Crippen LogP contribution in [0.15, 0.2) is 66.7 Å². The van der Waals surface area contributed by atoms with Crippen molar-refractivity contribution in [2.45, 2.75) is 26.5 Å². The van der Waals surface area contributed by atoms with Crippen molar-refractivity contribution >= 4 is 35.1 Å². The first kappa shape index (κ1) is 26.2. The highest BCUT2D eigenvalue weighted by Crippen LogP contribution is 2.24. The van der Waals surface area contributed by atoms with Crippen molar-refractivity contribution in [3.63, 3.8) is 0 Å². The average molecular weight is 515 g/mol. The molecule has 2 amide bonds. The Balaban J connectivity index is 1.48. The predicted octanol–water partition coefficient (Wildman–Crippen LogP) is 2.99. The molecule has 4 N–H and O–H groups in total. The first-order valence-corrected chi connectivity index (χ1v) is 11.8. The number of anilines is 1. The zero-order valence-electron chi connectivity index (χ0n) is 20.7. The minimum absolute atomic E-state index is 0.0818. The standard InChI is InChI=1S/C28H26N4O6/c1-17(33)15-38-32-14-21-11-22(9-7-19(21)13-25(32)34)31-27(35)23-10-8-20(12-24(23)26(29)30)28(36)37-16-18-5-3-2-4-6-18/h2-12H,13-16H2,1H3,(H3,29,30)(H,31,35). The number of nitrogens with zero attached hydrogens (tertiary/aromatic N) is 1. The summed E-state index contributed by atoms with van der Waals surface area (Å²) in [6, 6.07) is 18.5. The number of nitrogens with two attached hydrogens (primary N) is 1. The van der Waals surface area contributed by atoms with Crippen molar-refractivity contribution in [1.29, 1.82) is 5.41 Å². The fraction of sp³-hybridized carbons (Fsp3) is 0.179. The highest BCUT2D eigenvalue weighted by molar-refractivity contribution is 6.13. The van der Waals surface area contributed by atoms with Crippen LogP contribution in [0, 0.1) is 5.41 Å². The predicted molar refractivity (Wildman–Crippen MR) is 138 cm³/mol. The summed E-state index contributed by atoms with van der Waals surface area (Å²) in [6.45, 7) is 1.37. The van der Waals surface area contributed by atoms with Gasteiger partial charge in [-0.05, 0) is 53.9 Å². The van der Waals surface area contributed by atoms with Crippen molar-refractivity contribution in [3.05, 3.63) is 100 Å². The number of ether oxygens (including phenoxy) is 1. The quantitative estimate of drug-likeness (QED) is 0.225. The molecule has 38 heavy (non-hydrogen) atoms. The SMILES string of the molecule is CC(=O)CON1Cc2cc(NC(=O)c3ccc(C(=O)OCc4ccccc4)cc3C(=N)N)ccc2CC1=O. The molecule has 0 saturated heterocycles. The van der Waals surface area contributed by atoms with Gasteiger partial charge in [0.2, 0.25) is 0 Å². The van der Waals surface area contributed by atoms with E-state index in [2.05, 4.69) is 5.32 Å². The van der Waals surface area contributed by atoms with Crippen LogP contribution < -0.4 is 11.1 Å². The number of ketones is 1. The Kier molecular flexibility index (Phi) is 7.93. The molecule has 0 aromatic heterocycles. The van der Waals surface area contributed by atoms with Gasteiger partial charge in [-0.25, -0.2) is 9.86 Å². The number of fused-ring (bicyclic) bond motifs is 1. The maximum Gasteiger partial charge on any atom is 0.338 e. The van der Waals surface area contributed by atoms with Gasteiger partial charge in [-0.3, -0.25) is 24.6 Å². The monoisotopic (exact) mass is 514 g/mol. The van der Waals surface area contributed by atoms with E-state index in [-0.39, 0.29) is 60.4 Å². The molecular weight excluding hydrogens is 488 g/mol. The van der Waals surface area contributed by atoms with Gasteiger partial charge in [-0.1, -0.05) is 36.4 Å². The number of hydroxylamine groups is 2. The van der Waals surface area contributed by atoms with E-state index in [9.17, 15) is 19.2 Å². The van der Waals surface area contributed by atoms with E-state index in [0.29, 0.717) is 5.69 Å². The Hall–Kier alpha value is -4.83. The average Bonchev–Trinajstić information content (AvgIpc) is 2.90. The van der Waals surface area contributed by atoms with Crippen molar-refractivity contribution < 1.29 is 28.8 Å². The van der Waals surface area contributed by atoms with Gasteiger partial charge in [0.05, 0.1) is 24.1 Å². The second kappa shape index (κ2) is 11.5. The summed E-state index contributed by atoms with van der Waals surface area (Å²) in [6.07, 6.45) is 0.109. The molecule has 0 bridgehead atoms. The summed E-state index contributed by atoms with van der Waals surface area (Å²) < 4.78 is 5.34. The number of rotatable bonds is 9. The number of hydrogen-bond acceptors (Lipinski definition) is 7. The lowest BCUT2D eigenvalue weighted by atomic mass is 9.99. The molecule has 0 unspecified atom stereocenters. The van der Waals surface area contributed by atoms with Crippen LogP contribution in [-0.4, -0.2) is 41.1 Å². The van der Waals surface area contributed by atoms with Gasteiger partial charge >= 0.3 is 5.97 Å². The van der Waals surface area contributed by atoms with Crippen molar-refractivity contribution in [2.75, 3.05) is 11.9 Å². The van der Waals surface area contributed by atoms with Gasteiger partial charge in [0.15, 0.2) is 5.78 Å². The van der Waals surface area contributed by atoms with Crippen LogP contribution in [-0.2, 0) is 38.7 Å². The van der Waals surface area contributed by atoms with E-state index in [4.69, 9.17) is 20.7 Å². The first-order chi connectivity index (χ1) is 18.2. The minimum Gasteiger partial charge on any atom is -0.457 e. The summed E-state index contributed by atoms with van der Waals surface area (Å²) in [4.78, 5) is 54.4. The Labute approximate surface area is 218 Å². The minimum atomic E-state index is -0.607. The molecule has 1 aliphatic rings. The fourth-order valence-corrected chi connectivity index (χ4v) is 3.90. The lowest BCUT2D eigenvalue weighted by Crippen LogP contribution is -2.37. The van der Waals surface area contributed by atoms with E-state index in [1.807, 2.05) is 30.3 Å². The van der Waals surface area contributed by atoms with Crippen LogP contribution in [0.25, 0.3) is 0 Å². The van der Waals surface area contributed by atoms with Crippen LogP contribution in [0.1, 0.15) is 49.9 Å². The van der Waals surface area contributed by atoms with Crippen molar-refractivity contribution in [1.82, 2.24) is 5.06 Å². The molecule has 4 rings (SSSR count). The number of esters is 1. The molecule has 0 atom stereocenters. The largest absolute Gasteiger partial charge is 0.457 e. The van der Waals surface area contributed by atoms with E-state index in [1.165, 1.54) is 25.1 Å². The topological polar surface area (TPSA) is 152 Å². The number of amidine groups is 1. The molecule has 0 saturated carbocycles. The van der Waals surface area contributed by atoms with Gasteiger partial charge in [0, 0.05) is 11.3 Å². The number of nitrogens with one attached hydrogen (secondary N) is 2.